The molecule has 0 aromatic carbocycles. The number of aliphatic hydroxyl groups excluding tert-OH is 1. The van der Waals surface area contributed by atoms with Crippen LogP contribution in [0.5, 0.6) is 0 Å². The van der Waals surface area contributed by atoms with Crippen molar-refractivity contribution in [3.05, 3.63) is 0 Å². The lowest BCUT2D eigenvalue weighted by molar-refractivity contribution is -0.146. The highest BCUT2D eigenvalue weighted by Crippen LogP contribution is 2.00. The fraction of sp³-hybridized carbons (Fsp3) is 0.636. The first kappa shape index (κ1) is 83.6. The molecule has 0 radical (unpaired) electrons. The van der Waals surface area contributed by atoms with E-state index in [1.807, 2.05) is 0 Å². The second kappa shape index (κ2) is 48.5. The average molecular weight is 1260 g/mol. The molecule has 0 amide bonds. The number of aliphatic carboxylic acids is 16. The molecule has 0 saturated carbocycles. The summed E-state index contributed by atoms with van der Waals surface area (Å²) < 4.78 is 0. The van der Waals surface area contributed by atoms with Crippen LogP contribution in [-0.2, 0) is 76.7 Å². The van der Waals surface area contributed by atoms with E-state index in [4.69, 9.17) is 86.8 Å². The summed E-state index contributed by atoms with van der Waals surface area (Å²) in [4.78, 5) is 178. The molecule has 0 fully saturated rings. The quantitative estimate of drug-likeness (QED) is 0.0252. The first-order chi connectivity index (χ1) is 39.8. The predicted molar refractivity (Wildman–Crippen MR) is 277 cm³/mol. The van der Waals surface area contributed by atoms with Crippen LogP contribution >= 0.6 is 0 Å². The van der Waals surface area contributed by atoms with Gasteiger partial charge in [0.05, 0.1) is 98.0 Å². The van der Waals surface area contributed by atoms with Gasteiger partial charge in [-0.15, -0.1) is 0 Å². The van der Waals surface area contributed by atoms with E-state index in [9.17, 15) is 76.7 Å². The minimum atomic E-state index is -1.34. The highest BCUT2D eigenvalue weighted by molar-refractivity contribution is 5.81. The van der Waals surface area contributed by atoms with Crippen molar-refractivity contribution < 1.29 is 164 Å². The molecule has 0 rings (SSSR count). The molecule has 0 saturated heterocycles. The Labute approximate surface area is 485 Å². The Morgan fingerprint density at radius 3 is 0.523 bits per heavy atom. The van der Waals surface area contributed by atoms with Gasteiger partial charge >= 0.3 is 95.5 Å². The maximum absolute atomic E-state index is 11.0. The van der Waals surface area contributed by atoms with Crippen LogP contribution in [0.4, 0.5) is 0 Å². The van der Waals surface area contributed by atoms with E-state index in [1.165, 1.54) is 14.7 Å². The van der Waals surface area contributed by atoms with Gasteiger partial charge in [0.25, 0.3) is 0 Å². The van der Waals surface area contributed by atoms with Gasteiger partial charge in [0.15, 0.2) is 0 Å². The Balaban J connectivity index is -0.000000527. The van der Waals surface area contributed by atoms with E-state index in [1.54, 1.807) is 0 Å². The molecule has 42 heteroatoms. The molecule has 2 atom stereocenters. The van der Waals surface area contributed by atoms with Gasteiger partial charge in [-0.1, -0.05) is 0 Å². The van der Waals surface area contributed by atoms with Gasteiger partial charge in [0, 0.05) is 72.0 Å². The van der Waals surface area contributed by atoms with Crippen molar-refractivity contribution in [2.75, 3.05) is 157 Å². The molecular weight excluding hydrogens is 1180 g/mol. The fourth-order valence-electron chi connectivity index (χ4n) is 6.51. The zero-order valence-corrected chi connectivity index (χ0v) is 45.8. The van der Waals surface area contributed by atoms with Crippen LogP contribution in [0.1, 0.15) is 12.8 Å². The zero-order valence-electron chi connectivity index (χ0n) is 45.8. The van der Waals surface area contributed by atoms with Crippen molar-refractivity contribution in [1.29, 1.82) is 0 Å². The number of carboxylic acids is 16. The van der Waals surface area contributed by atoms with Gasteiger partial charge in [-0.3, -0.25) is 111 Å². The topological polar surface area (TPSA) is 664 Å². The van der Waals surface area contributed by atoms with Crippen LogP contribution in [0.3, 0.4) is 0 Å². The molecule has 42 nitrogen and oxygen atoms in total. The van der Waals surface area contributed by atoms with Gasteiger partial charge in [-0.2, -0.15) is 0 Å². The SMILES string of the molecule is O=C(O)CC(NCCNC(CC(=O)O)C(=O)O)C(=O)O.O=C(O)CN(CCN(CC(=O)O)CC(=O)O)CC(=O)O.O=C(O)CN(CCN(CC(=O)O)CC(=O)O)CCN(CC(=O)O)CC(=O)O.O=C(O)CN(CCO)CCN(CC(=O)O)CC(=O)O. The number of hydrogen-bond acceptors (Lipinski definition) is 26. The largest absolute Gasteiger partial charge is 0.481 e. The molecule has 19 N–H and O–H groups in total. The Hall–Kier alpha value is -8.88. The van der Waals surface area contributed by atoms with Crippen molar-refractivity contribution in [3.8, 4) is 0 Å². The van der Waals surface area contributed by atoms with Crippen LogP contribution in [0.15, 0.2) is 0 Å². The molecule has 0 aromatic rings. The first-order valence-corrected chi connectivity index (χ1v) is 24.4. The van der Waals surface area contributed by atoms with E-state index >= 15 is 0 Å². The fourth-order valence-corrected chi connectivity index (χ4v) is 6.51. The van der Waals surface area contributed by atoms with Gasteiger partial charge < -0.3 is 97.4 Å². The molecule has 2 unspecified atom stereocenters. The molecule has 0 spiro atoms. The van der Waals surface area contributed by atoms with E-state index in [2.05, 4.69) is 10.6 Å². The van der Waals surface area contributed by atoms with Crippen LogP contribution in [0.25, 0.3) is 0 Å². The normalized spacial score (nSPS) is 11.5. The molecular formula is C44H73N9O33. The van der Waals surface area contributed by atoms with Gasteiger partial charge in [-0.05, 0) is 0 Å². The van der Waals surface area contributed by atoms with Crippen LogP contribution < -0.4 is 10.6 Å². The molecule has 86 heavy (non-hydrogen) atoms. The lowest BCUT2D eigenvalue weighted by atomic mass is 10.2. The number of aliphatic hydroxyl groups is 1. The third-order valence-corrected chi connectivity index (χ3v) is 9.91. The number of carboxylic acid groups (broad SMARTS) is 16. The van der Waals surface area contributed by atoms with Crippen molar-refractivity contribution >= 4 is 95.5 Å². The predicted octanol–water partition coefficient (Wildman–Crippen LogP) is -8.90. The van der Waals surface area contributed by atoms with Crippen LogP contribution in [0.2, 0.25) is 0 Å². The third kappa shape index (κ3) is 57.0. The van der Waals surface area contributed by atoms with E-state index in [-0.39, 0.29) is 85.1 Å². The highest BCUT2D eigenvalue weighted by Gasteiger charge is 2.24. The first-order valence-electron chi connectivity index (χ1n) is 24.4. The number of carbonyl (C=O) groups is 16. The minimum absolute atomic E-state index is 0.000836. The highest BCUT2D eigenvalue weighted by atomic mass is 16.4. The Bertz CT molecular complexity index is 2050. The summed E-state index contributed by atoms with van der Waals surface area (Å²) in [5.41, 5.74) is 0. The molecule has 0 aliphatic rings. The van der Waals surface area contributed by atoms with Crippen molar-refractivity contribution in [2.24, 2.45) is 0 Å². The Kier molecular flexibility index (Phi) is 47.1. The van der Waals surface area contributed by atoms with Crippen LogP contribution in [0, 0.1) is 0 Å². The summed E-state index contributed by atoms with van der Waals surface area (Å²) in [5, 5.41) is 152. The third-order valence-electron chi connectivity index (χ3n) is 9.91. The number of rotatable bonds is 49. The number of nitrogens with one attached hydrogen (secondary N) is 2. The molecule has 0 aliphatic carbocycles. The molecule has 0 heterocycles. The molecule has 0 bridgehead atoms. The standard InChI is InChI=1S/C14H23N3O10.2C10H16N2O8.C10H18N2O7/c18-10(19)5-15(1-3-16(6-11(20)21)7-12(22)23)2-4-17(8-13(24)25)9-14(26)27;13-7(14)3-11(4-8(15)16)1-2-12(5-9(17)18)6-10(19)20;13-7(14)3-5(9(17)18)11-1-2-12-6(10(19)20)4-8(15)16;13-4-3-11(5-8(14)15)1-2-12(6-9(16)17)7-10(18)19/h1-9H2,(H,18,19)(H,20,21)(H,22,23)(H,24,25)(H,26,27);1-6H2,(H,13,14)(H,15,16)(H,17,18)(H,19,20);5-6,11-12H,1-4H2,(H,13,14)(H,15,16)(H,17,18)(H,19,20);13H,1-7H2,(H,14,15)(H,16,17)(H,18,19). The van der Waals surface area contributed by atoms with E-state index < -0.39 is 192 Å². The maximum atomic E-state index is 11.0. The Morgan fingerprint density at radius 1 is 0.233 bits per heavy atom. The van der Waals surface area contributed by atoms with Crippen molar-refractivity contribution in [1.82, 2.24) is 44.9 Å². The van der Waals surface area contributed by atoms with Gasteiger partial charge in [0.2, 0.25) is 0 Å². The molecule has 0 aliphatic heterocycles. The second-order valence-corrected chi connectivity index (χ2v) is 17.4. The van der Waals surface area contributed by atoms with Gasteiger partial charge in [0.1, 0.15) is 12.1 Å². The lowest BCUT2D eigenvalue weighted by Crippen LogP contribution is -2.45. The summed E-state index contributed by atoms with van der Waals surface area (Å²) in [6, 6.07) is -2.59. The summed E-state index contributed by atoms with van der Waals surface area (Å²) in [7, 11) is 0. The lowest BCUT2D eigenvalue weighted by Gasteiger charge is -2.27. The van der Waals surface area contributed by atoms with Crippen LogP contribution in [-0.4, -0.2) is 386 Å². The van der Waals surface area contributed by atoms with E-state index in [0.29, 0.717) is 0 Å². The average Bonchev–Trinajstić information content (AvgIpc) is 3.56. The minimum Gasteiger partial charge on any atom is -0.481 e. The molecule has 492 valence electrons. The second-order valence-electron chi connectivity index (χ2n) is 17.4. The monoisotopic (exact) mass is 1260 g/mol. The summed E-state index contributed by atoms with van der Waals surface area (Å²) >= 11 is 0. The number of hydrogen-bond donors (Lipinski definition) is 19. The van der Waals surface area contributed by atoms with E-state index in [0.717, 1.165) is 19.6 Å². The summed E-state index contributed by atoms with van der Waals surface area (Å²) in [6.45, 7) is -6.06. The van der Waals surface area contributed by atoms with Gasteiger partial charge in [-0.25, -0.2) is 0 Å². The van der Waals surface area contributed by atoms with Crippen molar-refractivity contribution in [3.63, 3.8) is 0 Å². The maximum Gasteiger partial charge on any atom is 0.321 e. The van der Waals surface area contributed by atoms with Crippen molar-refractivity contribution in [2.45, 2.75) is 24.9 Å². The zero-order chi connectivity index (χ0) is 67.2. The summed E-state index contributed by atoms with van der Waals surface area (Å²) in [5.74, 6) is -19.7. The number of nitrogens with zero attached hydrogens (tertiary/aromatic N) is 7. The smallest absolute Gasteiger partial charge is 0.321 e. The summed E-state index contributed by atoms with van der Waals surface area (Å²) in [6.07, 6.45) is -1.24. The molecule has 0 aromatic heterocycles. The Morgan fingerprint density at radius 2 is 0.384 bits per heavy atom.